The highest BCUT2D eigenvalue weighted by Gasteiger charge is 2.10. The number of aryl methyl sites for hydroxylation is 1. The van der Waals surface area contributed by atoms with E-state index in [0.29, 0.717) is 0 Å². The average Bonchev–Trinajstić information content (AvgIpc) is 2.46. The monoisotopic (exact) mass is 268 g/mol. The molecule has 4 heteroatoms. The van der Waals surface area contributed by atoms with Crippen molar-refractivity contribution in [2.24, 2.45) is 0 Å². The maximum absolute atomic E-state index is 5.88. The van der Waals surface area contributed by atoms with E-state index in [-0.39, 0.29) is 0 Å². The lowest BCUT2D eigenvalue weighted by atomic mass is 10.2. The van der Waals surface area contributed by atoms with Crippen molar-refractivity contribution in [2.75, 3.05) is 5.73 Å². The minimum atomic E-state index is 0.773. The fourth-order valence-electron chi connectivity index (χ4n) is 1.29. The Hall–Kier alpha value is -0.870. The van der Waals surface area contributed by atoms with Crippen LogP contribution in [-0.2, 0) is 0 Å². The Morgan fingerprint density at radius 3 is 2.64 bits per heavy atom. The number of hydrogen-bond donors (Lipinski definition) is 1. The number of benzene rings is 1. The Morgan fingerprint density at radius 1 is 1.36 bits per heavy atom. The van der Waals surface area contributed by atoms with E-state index in [4.69, 9.17) is 5.73 Å². The number of hydrogen-bond acceptors (Lipinski definition) is 3. The standard InChI is InChI=1S/C10H9BrN2S/c1-6-13-9(10(12)14-6)7-4-2-3-5-8(7)11/h2-5H,12H2,1H3. The fourth-order valence-corrected chi connectivity index (χ4v) is 2.47. The first-order chi connectivity index (χ1) is 6.68. The molecular formula is C10H9BrN2S. The molecule has 72 valence electrons. The van der Waals surface area contributed by atoms with Gasteiger partial charge >= 0.3 is 0 Å². The highest BCUT2D eigenvalue weighted by Crippen LogP contribution is 2.34. The molecule has 0 aliphatic carbocycles. The van der Waals surface area contributed by atoms with E-state index in [2.05, 4.69) is 20.9 Å². The summed E-state index contributed by atoms with van der Waals surface area (Å²) in [7, 11) is 0. The Morgan fingerprint density at radius 2 is 2.07 bits per heavy atom. The molecule has 0 aliphatic heterocycles. The number of halogens is 1. The van der Waals surface area contributed by atoms with Gasteiger partial charge in [-0.3, -0.25) is 0 Å². The lowest BCUT2D eigenvalue weighted by Gasteiger charge is -2.00. The lowest BCUT2D eigenvalue weighted by Crippen LogP contribution is -1.86. The molecule has 0 bridgehead atoms. The van der Waals surface area contributed by atoms with Crippen LogP contribution in [0.4, 0.5) is 5.00 Å². The molecule has 0 saturated heterocycles. The van der Waals surface area contributed by atoms with Gasteiger partial charge in [-0.2, -0.15) is 0 Å². The van der Waals surface area contributed by atoms with Crippen molar-refractivity contribution in [2.45, 2.75) is 6.92 Å². The quantitative estimate of drug-likeness (QED) is 0.861. The van der Waals surface area contributed by atoms with Gasteiger partial charge in [-0.05, 0) is 13.0 Å². The summed E-state index contributed by atoms with van der Waals surface area (Å²) in [6.07, 6.45) is 0. The lowest BCUT2D eigenvalue weighted by molar-refractivity contribution is 1.29. The number of aromatic nitrogens is 1. The molecule has 0 saturated carbocycles. The first-order valence-corrected chi connectivity index (χ1v) is 5.77. The van der Waals surface area contributed by atoms with E-state index >= 15 is 0 Å². The molecule has 0 fully saturated rings. The van der Waals surface area contributed by atoms with Crippen LogP contribution in [-0.4, -0.2) is 4.98 Å². The second kappa shape index (κ2) is 3.71. The maximum Gasteiger partial charge on any atom is 0.114 e. The summed E-state index contributed by atoms with van der Waals surface area (Å²) >= 11 is 5.00. The van der Waals surface area contributed by atoms with Crippen LogP contribution in [0, 0.1) is 6.92 Å². The molecule has 2 aromatic rings. The molecule has 0 amide bonds. The molecule has 0 atom stereocenters. The predicted octanol–water partition coefficient (Wildman–Crippen LogP) is 3.46. The summed E-state index contributed by atoms with van der Waals surface area (Å²) in [6.45, 7) is 1.96. The molecule has 0 aliphatic rings. The largest absolute Gasteiger partial charge is 0.389 e. The van der Waals surface area contributed by atoms with E-state index in [9.17, 15) is 0 Å². The van der Waals surface area contributed by atoms with Crippen molar-refractivity contribution < 1.29 is 0 Å². The van der Waals surface area contributed by atoms with Crippen LogP contribution in [0.25, 0.3) is 11.3 Å². The van der Waals surface area contributed by atoms with Crippen LogP contribution < -0.4 is 5.73 Å². The normalized spacial score (nSPS) is 10.4. The van der Waals surface area contributed by atoms with Gasteiger partial charge in [-0.15, -0.1) is 11.3 Å². The molecule has 0 spiro atoms. The third kappa shape index (κ3) is 1.67. The van der Waals surface area contributed by atoms with Crippen LogP contribution in [0.5, 0.6) is 0 Å². The van der Waals surface area contributed by atoms with Gasteiger partial charge in [0, 0.05) is 10.0 Å². The predicted molar refractivity (Wildman–Crippen MR) is 64.4 cm³/mol. The van der Waals surface area contributed by atoms with E-state index in [1.54, 1.807) is 0 Å². The maximum atomic E-state index is 5.88. The highest BCUT2D eigenvalue weighted by molar-refractivity contribution is 9.10. The zero-order valence-electron chi connectivity index (χ0n) is 7.62. The van der Waals surface area contributed by atoms with Gasteiger partial charge in [0.15, 0.2) is 0 Å². The second-order valence-electron chi connectivity index (χ2n) is 2.93. The third-order valence-electron chi connectivity index (χ3n) is 1.89. The molecule has 14 heavy (non-hydrogen) atoms. The van der Waals surface area contributed by atoms with Crippen molar-refractivity contribution in [3.63, 3.8) is 0 Å². The molecule has 2 rings (SSSR count). The fraction of sp³-hybridized carbons (Fsp3) is 0.100. The topological polar surface area (TPSA) is 38.9 Å². The van der Waals surface area contributed by atoms with Crippen molar-refractivity contribution in [1.82, 2.24) is 4.98 Å². The molecule has 0 unspecified atom stereocenters. The van der Waals surface area contributed by atoms with Crippen LogP contribution in [0.3, 0.4) is 0 Å². The van der Waals surface area contributed by atoms with E-state index in [1.165, 1.54) is 11.3 Å². The Bertz CT molecular complexity index is 465. The number of rotatable bonds is 1. The first-order valence-electron chi connectivity index (χ1n) is 4.16. The summed E-state index contributed by atoms with van der Waals surface area (Å²) in [5.74, 6) is 0. The van der Waals surface area contributed by atoms with Gasteiger partial charge in [0.2, 0.25) is 0 Å². The third-order valence-corrected chi connectivity index (χ3v) is 3.38. The van der Waals surface area contributed by atoms with Crippen molar-refractivity contribution in [1.29, 1.82) is 0 Å². The summed E-state index contributed by atoms with van der Waals surface area (Å²) in [6, 6.07) is 7.95. The van der Waals surface area contributed by atoms with Gasteiger partial charge in [0.1, 0.15) is 10.7 Å². The van der Waals surface area contributed by atoms with E-state index in [1.807, 2.05) is 31.2 Å². The summed E-state index contributed by atoms with van der Waals surface area (Å²) < 4.78 is 1.02. The number of nitrogens with zero attached hydrogens (tertiary/aromatic N) is 1. The Balaban J connectivity index is 2.60. The van der Waals surface area contributed by atoms with Gasteiger partial charge in [-0.25, -0.2) is 4.98 Å². The smallest absolute Gasteiger partial charge is 0.114 e. The second-order valence-corrected chi connectivity index (χ2v) is 5.01. The first kappa shape index (κ1) is 9.68. The molecule has 0 radical (unpaired) electrons. The van der Waals surface area contributed by atoms with Crippen LogP contribution >= 0.6 is 27.3 Å². The van der Waals surface area contributed by atoms with Gasteiger partial charge in [-0.1, -0.05) is 34.1 Å². The highest BCUT2D eigenvalue weighted by atomic mass is 79.9. The van der Waals surface area contributed by atoms with Crippen LogP contribution in [0.2, 0.25) is 0 Å². The van der Waals surface area contributed by atoms with Gasteiger partial charge in [0.05, 0.1) is 5.01 Å². The Kier molecular flexibility index (Phi) is 2.56. The van der Waals surface area contributed by atoms with Crippen molar-refractivity contribution in [3.05, 3.63) is 33.7 Å². The number of thiazole rings is 1. The summed E-state index contributed by atoms with van der Waals surface area (Å²) in [5.41, 5.74) is 7.80. The van der Waals surface area contributed by atoms with Crippen molar-refractivity contribution in [3.8, 4) is 11.3 Å². The van der Waals surface area contributed by atoms with Crippen molar-refractivity contribution >= 4 is 32.3 Å². The van der Waals surface area contributed by atoms with Crippen LogP contribution in [0.1, 0.15) is 5.01 Å². The molecule has 2 N–H and O–H groups in total. The van der Waals surface area contributed by atoms with E-state index in [0.717, 1.165) is 25.7 Å². The zero-order valence-corrected chi connectivity index (χ0v) is 10.0. The SMILES string of the molecule is Cc1nc(-c2ccccc2Br)c(N)s1. The Labute approximate surface area is 94.9 Å². The molecule has 1 aromatic heterocycles. The minimum Gasteiger partial charge on any atom is -0.389 e. The molecule has 1 aromatic carbocycles. The number of anilines is 1. The van der Waals surface area contributed by atoms with Crippen LogP contribution in [0.15, 0.2) is 28.7 Å². The molecule has 1 heterocycles. The average molecular weight is 269 g/mol. The van der Waals surface area contributed by atoms with E-state index < -0.39 is 0 Å². The minimum absolute atomic E-state index is 0.773. The number of nitrogens with two attached hydrogens (primary N) is 1. The van der Waals surface area contributed by atoms with Gasteiger partial charge < -0.3 is 5.73 Å². The zero-order chi connectivity index (χ0) is 10.1. The molecular weight excluding hydrogens is 260 g/mol. The number of nitrogen functional groups attached to an aromatic ring is 1. The molecule has 2 nitrogen and oxygen atoms in total. The van der Waals surface area contributed by atoms with Gasteiger partial charge in [0.25, 0.3) is 0 Å². The summed E-state index contributed by atoms with van der Waals surface area (Å²) in [4.78, 5) is 4.40. The summed E-state index contributed by atoms with van der Waals surface area (Å²) in [5, 5.41) is 1.77.